The maximum atomic E-state index is 13.2. The third kappa shape index (κ3) is 5.10. The molecule has 5 heteroatoms. The molecule has 1 N–H and O–H groups in total. The molecule has 1 aliphatic rings. The number of carbonyl (C=O) groups excluding carboxylic acids is 2. The highest BCUT2D eigenvalue weighted by Crippen LogP contribution is 2.38. The minimum atomic E-state index is -0.360. The Balaban J connectivity index is 1.61. The van der Waals surface area contributed by atoms with Crippen LogP contribution < -0.4 is 5.32 Å². The fourth-order valence-electron chi connectivity index (χ4n) is 4.49. The zero-order valence-electron chi connectivity index (χ0n) is 18.4. The molecular formula is C27H29NO3S. The Morgan fingerprint density at radius 1 is 0.906 bits per heavy atom. The number of hydrogen-bond donors (Lipinski definition) is 1. The minimum absolute atomic E-state index is 0.0556. The largest absolute Gasteiger partial charge is 0.465 e. The van der Waals surface area contributed by atoms with Crippen LogP contribution >= 0.6 is 11.3 Å². The van der Waals surface area contributed by atoms with Crippen LogP contribution in [0.2, 0.25) is 0 Å². The van der Waals surface area contributed by atoms with E-state index in [9.17, 15) is 9.59 Å². The summed E-state index contributed by atoms with van der Waals surface area (Å²) in [5.41, 5.74) is 3.82. The van der Waals surface area contributed by atoms with Crippen molar-refractivity contribution in [1.29, 1.82) is 0 Å². The van der Waals surface area contributed by atoms with Crippen LogP contribution in [0.5, 0.6) is 0 Å². The third-order valence-corrected chi connectivity index (χ3v) is 7.31. The van der Waals surface area contributed by atoms with E-state index >= 15 is 0 Å². The molecule has 0 bridgehead atoms. The number of ether oxygens (including phenoxy) is 1. The van der Waals surface area contributed by atoms with Crippen molar-refractivity contribution in [3.63, 3.8) is 0 Å². The molecule has 0 unspecified atom stereocenters. The van der Waals surface area contributed by atoms with Gasteiger partial charge in [0.2, 0.25) is 5.91 Å². The summed E-state index contributed by atoms with van der Waals surface area (Å²) < 4.78 is 5.09. The highest BCUT2D eigenvalue weighted by Gasteiger charge is 2.27. The Morgan fingerprint density at radius 2 is 1.50 bits per heavy atom. The van der Waals surface area contributed by atoms with Gasteiger partial charge in [-0.05, 0) is 42.4 Å². The molecule has 166 valence electrons. The molecule has 32 heavy (non-hydrogen) atoms. The van der Waals surface area contributed by atoms with Crippen molar-refractivity contribution in [3.8, 4) is 0 Å². The van der Waals surface area contributed by atoms with Crippen LogP contribution in [0.3, 0.4) is 0 Å². The minimum Gasteiger partial charge on any atom is -0.465 e. The molecule has 3 aromatic rings. The van der Waals surface area contributed by atoms with Gasteiger partial charge in [0.1, 0.15) is 5.00 Å². The van der Waals surface area contributed by atoms with Gasteiger partial charge in [-0.1, -0.05) is 73.5 Å². The van der Waals surface area contributed by atoms with Crippen LogP contribution in [-0.2, 0) is 22.4 Å². The first-order chi connectivity index (χ1) is 15.7. The molecule has 0 spiro atoms. The number of carbonyl (C=O) groups is 2. The SMILES string of the molecule is COC(=O)c1c(NC(=O)CC(c2ccccc2)c2ccccc2)sc2c1CCCCCC2. The summed E-state index contributed by atoms with van der Waals surface area (Å²) in [7, 11) is 1.40. The van der Waals surface area contributed by atoms with Gasteiger partial charge in [-0.2, -0.15) is 0 Å². The molecule has 0 radical (unpaired) electrons. The van der Waals surface area contributed by atoms with E-state index in [4.69, 9.17) is 4.74 Å². The monoisotopic (exact) mass is 447 g/mol. The third-order valence-electron chi connectivity index (χ3n) is 6.11. The van der Waals surface area contributed by atoms with Gasteiger partial charge in [0.15, 0.2) is 0 Å². The molecule has 1 amide bonds. The number of thiophene rings is 1. The zero-order valence-corrected chi connectivity index (χ0v) is 19.3. The molecule has 2 aromatic carbocycles. The number of nitrogens with one attached hydrogen (secondary N) is 1. The lowest BCUT2D eigenvalue weighted by atomic mass is 9.88. The highest BCUT2D eigenvalue weighted by atomic mass is 32.1. The Labute approximate surface area is 193 Å². The lowest BCUT2D eigenvalue weighted by Gasteiger charge is -2.18. The molecule has 0 saturated heterocycles. The second-order valence-electron chi connectivity index (χ2n) is 8.24. The van der Waals surface area contributed by atoms with Crippen molar-refractivity contribution in [1.82, 2.24) is 0 Å². The second kappa shape index (κ2) is 10.6. The number of esters is 1. The summed E-state index contributed by atoms with van der Waals surface area (Å²) >= 11 is 1.54. The van der Waals surface area contributed by atoms with Crippen molar-refractivity contribution >= 4 is 28.2 Å². The number of methoxy groups -OCH3 is 1. The summed E-state index contributed by atoms with van der Waals surface area (Å²) in [5.74, 6) is -0.511. The quantitative estimate of drug-likeness (QED) is 0.448. The van der Waals surface area contributed by atoms with Gasteiger partial charge in [0.05, 0.1) is 12.7 Å². The molecular weight excluding hydrogens is 418 g/mol. The number of rotatable bonds is 6. The summed E-state index contributed by atoms with van der Waals surface area (Å²) in [6.07, 6.45) is 6.68. The Bertz CT molecular complexity index is 1020. The molecule has 0 fully saturated rings. The number of fused-ring (bicyclic) bond motifs is 1. The van der Waals surface area contributed by atoms with Crippen LogP contribution in [-0.4, -0.2) is 19.0 Å². The number of anilines is 1. The fraction of sp³-hybridized carbons (Fsp3) is 0.333. The van der Waals surface area contributed by atoms with Gasteiger partial charge in [0.25, 0.3) is 0 Å². The van der Waals surface area contributed by atoms with Crippen molar-refractivity contribution in [2.45, 2.75) is 50.9 Å². The summed E-state index contributed by atoms with van der Waals surface area (Å²) in [5, 5.41) is 3.71. The van der Waals surface area contributed by atoms with Crippen molar-refractivity contribution in [3.05, 3.63) is 87.8 Å². The summed E-state index contributed by atoms with van der Waals surface area (Å²) in [4.78, 5) is 27.1. The first-order valence-electron chi connectivity index (χ1n) is 11.3. The van der Waals surface area contributed by atoms with Gasteiger partial charge in [-0.15, -0.1) is 11.3 Å². The lowest BCUT2D eigenvalue weighted by Crippen LogP contribution is -2.18. The fourth-order valence-corrected chi connectivity index (χ4v) is 5.78. The number of aryl methyl sites for hydroxylation is 1. The normalized spacial score (nSPS) is 13.7. The van der Waals surface area contributed by atoms with E-state index in [0.29, 0.717) is 17.0 Å². The van der Waals surface area contributed by atoms with E-state index in [0.717, 1.165) is 42.4 Å². The van der Waals surface area contributed by atoms with Gasteiger partial charge >= 0.3 is 5.97 Å². The summed E-state index contributed by atoms with van der Waals surface area (Å²) in [6.45, 7) is 0. The lowest BCUT2D eigenvalue weighted by molar-refractivity contribution is -0.116. The van der Waals surface area contributed by atoms with E-state index in [-0.39, 0.29) is 17.8 Å². The van der Waals surface area contributed by atoms with Crippen LogP contribution in [0.1, 0.15) is 69.9 Å². The number of benzene rings is 2. The molecule has 1 heterocycles. The topological polar surface area (TPSA) is 55.4 Å². The van der Waals surface area contributed by atoms with Crippen LogP contribution in [0, 0.1) is 0 Å². The predicted octanol–water partition coefficient (Wildman–Crippen LogP) is 6.35. The van der Waals surface area contributed by atoms with Crippen molar-refractivity contribution in [2.75, 3.05) is 12.4 Å². The van der Waals surface area contributed by atoms with Gasteiger partial charge < -0.3 is 10.1 Å². The second-order valence-corrected chi connectivity index (χ2v) is 9.35. The van der Waals surface area contributed by atoms with Crippen LogP contribution in [0.15, 0.2) is 60.7 Å². The first-order valence-corrected chi connectivity index (χ1v) is 12.1. The van der Waals surface area contributed by atoms with Crippen LogP contribution in [0.25, 0.3) is 0 Å². The standard InChI is InChI=1S/C27H29NO3S/c1-31-27(30)25-21-16-10-2-3-11-17-23(21)32-26(25)28-24(29)18-22(19-12-6-4-7-13-19)20-14-8-5-9-15-20/h4-9,12-15,22H,2-3,10-11,16-18H2,1H3,(H,28,29). The maximum absolute atomic E-state index is 13.2. The average Bonchev–Trinajstić information content (AvgIpc) is 3.13. The molecule has 0 saturated carbocycles. The Hall–Kier alpha value is -2.92. The first kappa shape index (κ1) is 22.3. The molecule has 4 rings (SSSR count). The van der Waals surface area contributed by atoms with Crippen molar-refractivity contribution < 1.29 is 14.3 Å². The highest BCUT2D eigenvalue weighted by molar-refractivity contribution is 7.17. The molecule has 1 aromatic heterocycles. The van der Waals surface area contributed by atoms with Gasteiger partial charge in [-0.25, -0.2) is 4.79 Å². The van der Waals surface area contributed by atoms with Crippen LogP contribution in [0.4, 0.5) is 5.00 Å². The summed E-state index contributed by atoms with van der Waals surface area (Å²) in [6, 6.07) is 20.2. The van der Waals surface area contributed by atoms with E-state index in [1.54, 1.807) is 11.3 Å². The van der Waals surface area contributed by atoms with E-state index in [1.807, 2.05) is 36.4 Å². The smallest absolute Gasteiger partial charge is 0.341 e. The Kier molecular flexibility index (Phi) is 7.38. The average molecular weight is 448 g/mol. The molecule has 1 aliphatic carbocycles. The number of amides is 1. The Morgan fingerprint density at radius 3 is 2.09 bits per heavy atom. The van der Waals surface area contributed by atoms with E-state index in [1.165, 1.54) is 24.8 Å². The van der Waals surface area contributed by atoms with Gasteiger partial charge in [-0.3, -0.25) is 4.79 Å². The zero-order chi connectivity index (χ0) is 22.3. The maximum Gasteiger partial charge on any atom is 0.341 e. The van der Waals surface area contributed by atoms with E-state index in [2.05, 4.69) is 29.6 Å². The van der Waals surface area contributed by atoms with E-state index < -0.39 is 0 Å². The van der Waals surface area contributed by atoms with Gasteiger partial charge in [0, 0.05) is 17.2 Å². The predicted molar refractivity (Wildman–Crippen MR) is 130 cm³/mol. The molecule has 0 atom stereocenters. The number of hydrogen-bond acceptors (Lipinski definition) is 4. The molecule has 0 aliphatic heterocycles. The molecule has 4 nitrogen and oxygen atoms in total. The van der Waals surface area contributed by atoms with Crippen molar-refractivity contribution in [2.24, 2.45) is 0 Å².